The van der Waals surface area contributed by atoms with E-state index in [0.29, 0.717) is 17.6 Å². The van der Waals surface area contributed by atoms with Gasteiger partial charge in [0.2, 0.25) is 0 Å². The molecule has 0 heterocycles. The first-order valence-electron chi connectivity index (χ1n) is 7.57. The van der Waals surface area contributed by atoms with Crippen LogP contribution in [0.3, 0.4) is 0 Å². The molecule has 4 saturated carbocycles. The first-order chi connectivity index (χ1) is 8.63. The number of hydrogen-bond donors (Lipinski definition) is 2. The average Bonchev–Trinajstić information content (AvgIpc) is 2.25. The highest BCUT2D eigenvalue weighted by Gasteiger charge is 2.55. The lowest BCUT2D eigenvalue weighted by atomic mass is 9.47. The van der Waals surface area contributed by atoms with E-state index in [9.17, 15) is 0 Å². The Morgan fingerprint density at radius 3 is 2.50 bits per heavy atom. The van der Waals surface area contributed by atoms with E-state index in [1.807, 2.05) is 11.8 Å². The molecule has 4 fully saturated rings. The van der Waals surface area contributed by atoms with Gasteiger partial charge in [-0.2, -0.15) is 11.8 Å². The Bertz CT molecular complexity index is 293. The normalized spacial score (nSPS) is 45.7. The summed E-state index contributed by atoms with van der Waals surface area (Å²) in [5, 5.41) is 12.7. The molecule has 0 saturated heterocycles. The molecule has 0 aromatic carbocycles. The second-order valence-electron chi connectivity index (χ2n) is 7.31. The molecule has 4 atom stereocenters. The minimum atomic E-state index is 0.317. The van der Waals surface area contributed by atoms with E-state index in [1.54, 1.807) is 0 Å². The Labute approximate surface area is 115 Å². The maximum Gasteiger partial charge on any atom is 0.0521 e. The number of thioether (sulfide) groups is 1. The third kappa shape index (κ3) is 2.59. The van der Waals surface area contributed by atoms with Crippen molar-refractivity contribution in [2.75, 3.05) is 24.7 Å². The van der Waals surface area contributed by atoms with Gasteiger partial charge in [-0.05, 0) is 55.8 Å². The van der Waals surface area contributed by atoms with Crippen molar-refractivity contribution in [1.82, 2.24) is 5.32 Å². The molecule has 2 unspecified atom stereocenters. The van der Waals surface area contributed by atoms with Gasteiger partial charge in [-0.25, -0.2) is 0 Å². The summed E-state index contributed by atoms with van der Waals surface area (Å²) in [5.41, 5.74) is 1.13. The van der Waals surface area contributed by atoms with E-state index >= 15 is 0 Å². The molecule has 3 heteroatoms. The van der Waals surface area contributed by atoms with E-state index in [-0.39, 0.29) is 0 Å². The molecule has 104 valence electrons. The van der Waals surface area contributed by atoms with Gasteiger partial charge < -0.3 is 10.4 Å². The number of hydrogen-bond acceptors (Lipinski definition) is 3. The quantitative estimate of drug-likeness (QED) is 0.727. The number of rotatable bonds is 6. The summed E-state index contributed by atoms with van der Waals surface area (Å²) in [6.07, 6.45) is 8.78. The molecule has 2 nitrogen and oxygen atoms in total. The Morgan fingerprint density at radius 2 is 1.89 bits per heavy atom. The zero-order chi connectivity index (χ0) is 12.6. The Kier molecular flexibility index (Phi) is 3.68. The highest BCUT2D eigenvalue weighted by molar-refractivity contribution is 7.99. The fraction of sp³-hybridized carbons (Fsp3) is 1.00. The van der Waals surface area contributed by atoms with Gasteiger partial charge in [0, 0.05) is 23.6 Å². The molecule has 4 aliphatic carbocycles. The van der Waals surface area contributed by atoms with Gasteiger partial charge in [0.15, 0.2) is 0 Å². The smallest absolute Gasteiger partial charge is 0.0521 e. The second-order valence-corrected chi connectivity index (χ2v) is 8.54. The minimum Gasteiger partial charge on any atom is -0.396 e. The Balaban J connectivity index is 1.55. The van der Waals surface area contributed by atoms with Gasteiger partial charge in [0.05, 0.1) is 6.61 Å². The van der Waals surface area contributed by atoms with Gasteiger partial charge in [-0.15, -0.1) is 0 Å². The van der Waals surface area contributed by atoms with E-state index < -0.39 is 0 Å². The molecule has 2 N–H and O–H groups in total. The second kappa shape index (κ2) is 4.99. The molecule has 0 amide bonds. The zero-order valence-electron chi connectivity index (χ0n) is 11.6. The fourth-order valence-electron chi connectivity index (χ4n) is 5.48. The standard InChI is InChI=1S/C15H27NOS/c1-14-7-12-6-13(8-14)10-15(9-12,11-14)16-2-4-18-5-3-17/h12-13,16-17H,2-11H2,1H3/t12-,13+,14?,15?. The van der Waals surface area contributed by atoms with Crippen LogP contribution in [0.15, 0.2) is 0 Å². The summed E-state index contributed by atoms with van der Waals surface area (Å²) in [6, 6.07) is 0. The summed E-state index contributed by atoms with van der Waals surface area (Å²) < 4.78 is 0. The van der Waals surface area contributed by atoms with Crippen molar-refractivity contribution in [1.29, 1.82) is 0 Å². The van der Waals surface area contributed by atoms with Crippen molar-refractivity contribution in [3.8, 4) is 0 Å². The molecule has 4 aliphatic rings. The first-order valence-corrected chi connectivity index (χ1v) is 8.72. The van der Waals surface area contributed by atoms with Gasteiger partial charge in [-0.3, -0.25) is 0 Å². The topological polar surface area (TPSA) is 32.3 Å². The highest BCUT2D eigenvalue weighted by Crippen LogP contribution is 2.61. The lowest BCUT2D eigenvalue weighted by Crippen LogP contribution is -2.61. The van der Waals surface area contributed by atoms with Crippen LogP contribution in [-0.2, 0) is 0 Å². The summed E-state index contributed by atoms with van der Waals surface area (Å²) in [6.45, 7) is 3.97. The van der Waals surface area contributed by atoms with Crippen LogP contribution in [-0.4, -0.2) is 35.3 Å². The Morgan fingerprint density at radius 1 is 1.17 bits per heavy atom. The third-order valence-electron chi connectivity index (χ3n) is 5.34. The largest absolute Gasteiger partial charge is 0.396 e. The summed E-state index contributed by atoms with van der Waals surface area (Å²) in [4.78, 5) is 0. The van der Waals surface area contributed by atoms with Gasteiger partial charge >= 0.3 is 0 Å². The van der Waals surface area contributed by atoms with Crippen LogP contribution in [0.2, 0.25) is 0 Å². The maximum atomic E-state index is 8.79. The van der Waals surface area contributed by atoms with Crippen LogP contribution in [0.4, 0.5) is 0 Å². The molecule has 0 aliphatic heterocycles. The third-order valence-corrected chi connectivity index (χ3v) is 6.30. The van der Waals surface area contributed by atoms with Crippen LogP contribution in [0.1, 0.15) is 45.4 Å². The monoisotopic (exact) mass is 269 g/mol. The molecule has 0 aromatic rings. The first kappa shape index (κ1) is 13.3. The Hall–Kier alpha value is 0.270. The van der Waals surface area contributed by atoms with Crippen LogP contribution >= 0.6 is 11.8 Å². The summed E-state index contributed by atoms with van der Waals surface area (Å²) >= 11 is 1.87. The molecular formula is C15H27NOS. The SMILES string of the molecule is CC12C[C@H]3C[C@@H](C1)CC(NCCSCCO)(C3)C2. The molecular weight excluding hydrogens is 242 g/mol. The van der Waals surface area contributed by atoms with Crippen LogP contribution in [0.5, 0.6) is 0 Å². The van der Waals surface area contributed by atoms with Crippen LogP contribution in [0.25, 0.3) is 0 Å². The lowest BCUT2D eigenvalue weighted by molar-refractivity contribution is -0.0711. The van der Waals surface area contributed by atoms with Gasteiger partial charge in [0.1, 0.15) is 0 Å². The number of aliphatic hydroxyl groups is 1. The fourth-order valence-corrected chi connectivity index (χ4v) is 6.06. The lowest BCUT2D eigenvalue weighted by Gasteiger charge is -2.61. The van der Waals surface area contributed by atoms with E-state index in [0.717, 1.165) is 29.9 Å². The number of nitrogens with one attached hydrogen (secondary N) is 1. The summed E-state index contributed by atoms with van der Waals surface area (Å²) in [5.74, 6) is 4.05. The van der Waals surface area contributed by atoms with Crippen molar-refractivity contribution < 1.29 is 5.11 Å². The molecule has 18 heavy (non-hydrogen) atoms. The molecule has 4 rings (SSSR count). The zero-order valence-corrected chi connectivity index (χ0v) is 12.4. The molecule has 0 aromatic heterocycles. The predicted octanol–water partition coefficient (Wildman–Crippen LogP) is 2.66. The number of aliphatic hydroxyl groups excluding tert-OH is 1. The predicted molar refractivity (Wildman–Crippen MR) is 77.9 cm³/mol. The van der Waals surface area contributed by atoms with Crippen molar-refractivity contribution in [2.24, 2.45) is 17.3 Å². The van der Waals surface area contributed by atoms with Crippen molar-refractivity contribution >= 4 is 11.8 Å². The van der Waals surface area contributed by atoms with E-state index in [4.69, 9.17) is 5.11 Å². The average molecular weight is 269 g/mol. The highest BCUT2D eigenvalue weighted by atomic mass is 32.2. The molecule has 4 bridgehead atoms. The van der Waals surface area contributed by atoms with Gasteiger partial charge in [0.25, 0.3) is 0 Å². The minimum absolute atomic E-state index is 0.317. The van der Waals surface area contributed by atoms with Crippen molar-refractivity contribution in [3.63, 3.8) is 0 Å². The van der Waals surface area contributed by atoms with Crippen molar-refractivity contribution in [2.45, 2.75) is 51.0 Å². The van der Waals surface area contributed by atoms with Crippen LogP contribution < -0.4 is 5.32 Å². The van der Waals surface area contributed by atoms with Crippen molar-refractivity contribution in [3.05, 3.63) is 0 Å². The summed E-state index contributed by atoms with van der Waals surface area (Å²) in [7, 11) is 0. The van der Waals surface area contributed by atoms with Crippen LogP contribution in [0, 0.1) is 17.3 Å². The van der Waals surface area contributed by atoms with E-state index in [1.165, 1.54) is 38.5 Å². The van der Waals surface area contributed by atoms with E-state index in [2.05, 4.69) is 12.2 Å². The maximum absolute atomic E-state index is 8.79. The van der Waals surface area contributed by atoms with Gasteiger partial charge in [-0.1, -0.05) is 6.92 Å². The molecule has 0 radical (unpaired) electrons. The molecule has 0 spiro atoms.